The molecule has 0 spiro atoms. The van der Waals surface area contributed by atoms with Gasteiger partial charge < -0.3 is 20.1 Å². The minimum absolute atomic E-state index is 0.0417. The van der Waals surface area contributed by atoms with Crippen LogP contribution in [0.15, 0.2) is 115 Å². The van der Waals surface area contributed by atoms with Crippen LogP contribution in [0.25, 0.3) is 0 Å². The van der Waals surface area contributed by atoms with Gasteiger partial charge in [0.25, 0.3) is 5.91 Å². The lowest BCUT2D eigenvalue weighted by Gasteiger charge is -2.35. The van der Waals surface area contributed by atoms with Crippen LogP contribution < -0.4 is 10.6 Å². The Bertz CT molecular complexity index is 1460. The highest BCUT2D eigenvalue weighted by atomic mass is 32.2. The fourth-order valence-corrected chi connectivity index (χ4v) is 8.05. The van der Waals surface area contributed by atoms with Crippen molar-refractivity contribution >= 4 is 23.4 Å². The number of unbranched alkanes of at least 4 members (excludes halogenated alkanes) is 5. The summed E-state index contributed by atoms with van der Waals surface area (Å²) in [5.41, 5.74) is 5.32. The Hall–Kier alpha value is -3.58. The lowest BCUT2D eigenvalue weighted by atomic mass is 9.84. The zero-order valence-electron chi connectivity index (χ0n) is 31.6. The maximum Gasteiger partial charge on any atom is 0.253 e. The first-order valence-electron chi connectivity index (χ1n) is 18.7. The van der Waals surface area contributed by atoms with Gasteiger partial charge in [-0.25, -0.2) is 0 Å². The molecule has 0 radical (unpaired) electrons. The highest BCUT2D eigenvalue weighted by Crippen LogP contribution is 2.48. The molecule has 274 valence electrons. The molecule has 2 N–H and O–H groups in total. The van der Waals surface area contributed by atoms with E-state index in [4.69, 9.17) is 9.47 Å². The number of carbonyl (C=O) groups is 1. The fourth-order valence-electron chi connectivity index (χ4n) is 6.49. The summed E-state index contributed by atoms with van der Waals surface area (Å²) < 4.78 is 11.1. The average Bonchev–Trinajstić information content (AvgIpc) is 3.14. The monoisotopic (exact) mass is 708 g/mol. The summed E-state index contributed by atoms with van der Waals surface area (Å²) >= 11 is 2.06. The molecule has 0 aliphatic rings. The fraction of sp³-hybridized carbons (Fsp3) is 0.444. The maximum absolute atomic E-state index is 13.2. The lowest BCUT2D eigenvalue weighted by molar-refractivity contribution is -0.0143. The molecule has 4 aromatic rings. The molecular formula is C45H60N2O3S. The number of amides is 1. The lowest BCUT2D eigenvalue weighted by Crippen LogP contribution is -2.38. The van der Waals surface area contributed by atoms with Crippen LogP contribution in [0, 0.1) is 10.8 Å². The second kappa shape index (κ2) is 20.5. The number of methoxy groups -OCH3 is 1. The van der Waals surface area contributed by atoms with E-state index in [1.807, 2.05) is 24.3 Å². The van der Waals surface area contributed by atoms with Crippen molar-refractivity contribution in [3.63, 3.8) is 0 Å². The first-order valence-corrected chi connectivity index (χ1v) is 19.6. The molecule has 0 heterocycles. The number of rotatable bonds is 23. The normalized spacial score (nSPS) is 12.1. The van der Waals surface area contributed by atoms with Crippen LogP contribution >= 0.6 is 11.8 Å². The number of hydrogen-bond acceptors (Lipinski definition) is 5. The summed E-state index contributed by atoms with van der Waals surface area (Å²) in [4.78, 5) is 13.2. The predicted molar refractivity (Wildman–Crippen MR) is 217 cm³/mol. The minimum atomic E-state index is -0.241. The van der Waals surface area contributed by atoms with Crippen LogP contribution in [0.3, 0.4) is 0 Å². The van der Waals surface area contributed by atoms with Crippen LogP contribution in [0.2, 0.25) is 0 Å². The van der Waals surface area contributed by atoms with E-state index in [0.29, 0.717) is 31.9 Å². The van der Waals surface area contributed by atoms with Crippen molar-refractivity contribution in [1.82, 2.24) is 5.32 Å². The van der Waals surface area contributed by atoms with E-state index in [1.165, 1.54) is 48.8 Å². The van der Waals surface area contributed by atoms with Gasteiger partial charge >= 0.3 is 0 Å². The number of para-hydroxylation sites is 1. The Morgan fingerprint density at radius 1 is 0.608 bits per heavy atom. The van der Waals surface area contributed by atoms with Crippen molar-refractivity contribution in [1.29, 1.82) is 0 Å². The molecule has 0 atom stereocenters. The zero-order chi connectivity index (χ0) is 36.4. The molecule has 0 fully saturated rings. The van der Waals surface area contributed by atoms with Crippen molar-refractivity contribution < 1.29 is 14.3 Å². The van der Waals surface area contributed by atoms with Crippen molar-refractivity contribution in [3.05, 3.63) is 138 Å². The van der Waals surface area contributed by atoms with Crippen molar-refractivity contribution in [2.75, 3.05) is 51.1 Å². The molecule has 0 aliphatic carbocycles. The summed E-state index contributed by atoms with van der Waals surface area (Å²) in [5, 5.41) is 6.67. The van der Waals surface area contributed by atoms with Crippen molar-refractivity contribution in [2.45, 2.75) is 71.0 Å². The Morgan fingerprint density at radius 3 is 1.67 bits per heavy atom. The molecule has 1 amide bonds. The topological polar surface area (TPSA) is 59.6 Å². The summed E-state index contributed by atoms with van der Waals surface area (Å²) in [5.74, 6) is 1.04. The highest BCUT2D eigenvalue weighted by molar-refractivity contribution is 8.00. The quantitative estimate of drug-likeness (QED) is 0.0593. The molecule has 0 saturated heterocycles. The number of benzene rings is 4. The molecule has 0 aromatic heterocycles. The van der Waals surface area contributed by atoms with Gasteiger partial charge in [0, 0.05) is 36.7 Å². The second-order valence-corrected chi connectivity index (χ2v) is 16.5. The molecule has 0 aliphatic heterocycles. The van der Waals surface area contributed by atoms with Gasteiger partial charge in [-0.2, -0.15) is 0 Å². The Morgan fingerprint density at radius 2 is 1.10 bits per heavy atom. The van der Waals surface area contributed by atoms with Crippen LogP contribution in [0.1, 0.15) is 93.3 Å². The zero-order valence-corrected chi connectivity index (χ0v) is 32.4. The Kier molecular flexibility index (Phi) is 16.1. The second-order valence-electron chi connectivity index (χ2n) is 15.2. The largest absolute Gasteiger partial charge is 0.384 e. The van der Waals surface area contributed by atoms with Crippen molar-refractivity contribution in [3.8, 4) is 0 Å². The smallest absolute Gasteiger partial charge is 0.253 e. The highest BCUT2D eigenvalue weighted by Gasteiger charge is 2.36. The van der Waals surface area contributed by atoms with Gasteiger partial charge in [-0.15, -0.1) is 11.8 Å². The van der Waals surface area contributed by atoms with Crippen LogP contribution in [-0.4, -0.2) is 51.7 Å². The summed E-state index contributed by atoms with van der Waals surface area (Å²) in [6, 6.07) is 40.7. The van der Waals surface area contributed by atoms with Gasteiger partial charge in [0.15, 0.2) is 0 Å². The van der Waals surface area contributed by atoms with Gasteiger partial charge in [0.05, 0.1) is 30.1 Å². The van der Waals surface area contributed by atoms with E-state index in [9.17, 15) is 4.79 Å². The SMILES string of the molecule is COCC(C)(C)COCC(C)(C)CNC(=O)c1ccccc1NCCCCCCCCSC(c1ccccc1)(c1ccccc1)c1ccccc1. The maximum atomic E-state index is 13.2. The molecule has 5 nitrogen and oxygen atoms in total. The van der Waals surface area contributed by atoms with Gasteiger partial charge in [-0.1, -0.05) is 157 Å². The average molecular weight is 709 g/mol. The first kappa shape index (κ1) is 40.2. The number of anilines is 1. The van der Waals surface area contributed by atoms with Gasteiger partial charge in [-0.3, -0.25) is 4.79 Å². The minimum Gasteiger partial charge on any atom is -0.384 e. The first-order chi connectivity index (χ1) is 24.7. The van der Waals surface area contributed by atoms with Gasteiger partial charge in [-0.05, 0) is 47.4 Å². The number of thioether (sulfide) groups is 1. The summed E-state index contributed by atoms with van der Waals surface area (Å²) in [7, 11) is 1.71. The predicted octanol–water partition coefficient (Wildman–Crippen LogP) is 10.6. The van der Waals surface area contributed by atoms with E-state index in [1.54, 1.807) is 7.11 Å². The van der Waals surface area contributed by atoms with Gasteiger partial charge in [0.2, 0.25) is 0 Å². The van der Waals surface area contributed by atoms with Crippen molar-refractivity contribution in [2.24, 2.45) is 10.8 Å². The third kappa shape index (κ3) is 12.6. The molecular weight excluding hydrogens is 649 g/mol. The molecule has 0 bridgehead atoms. The third-order valence-electron chi connectivity index (χ3n) is 9.17. The number of carbonyl (C=O) groups excluding carboxylic acids is 1. The van der Waals surface area contributed by atoms with E-state index >= 15 is 0 Å². The number of nitrogens with one attached hydrogen (secondary N) is 2. The number of hydrogen-bond donors (Lipinski definition) is 2. The molecule has 0 unspecified atom stereocenters. The third-order valence-corrected chi connectivity index (χ3v) is 10.8. The van der Waals surface area contributed by atoms with Gasteiger partial charge in [0.1, 0.15) is 0 Å². The molecule has 51 heavy (non-hydrogen) atoms. The van der Waals surface area contributed by atoms with E-state index in [2.05, 4.69) is 141 Å². The van der Waals surface area contributed by atoms with E-state index in [-0.39, 0.29) is 21.5 Å². The summed E-state index contributed by atoms with van der Waals surface area (Å²) in [6.45, 7) is 11.7. The molecule has 4 rings (SSSR count). The van der Waals surface area contributed by atoms with Crippen LogP contribution in [0.5, 0.6) is 0 Å². The standard InChI is InChI=1S/C45H60N2O3S/c1-43(2,35-50-36-44(3,4)34-49-5)33-47-42(48)40-29-19-20-30-41(40)46-31-21-8-6-7-9-22-32-51-45(37-23-13-10-14-24-37,38-25-15-11-16-26-38)39-27-17-12-18-28-39/h10-20,23-30,46H,6-9,21-22,31-36H2,1-5H3,(H,47,48). The summed E-state index contributed by atoms with van der Waals surface area (Å²) in [6.07, 6.45) is 7.12. The van der Waals surface area contributed by atoms with Crippen LogP contribution in [0.4, 0.5) is 5.69 Å². The molecule has 4 aromatic carbocycles. The van der Waals surface area contributed by atoms with E-state index < -0.39 is 0 Å². The Labute approximate surface area is 312 Å². The Balaban J connectivity index is 1.18. The van der Waals surface area contributed by atoms with E-state index in [0.717, 1.165) is 24.4 Å². The molecule has 6 heteroatoms. The number of ether oxygens (including phenoxy) is 2. The van der Waals surface area contributed by atoms with Crippen LogP contribution in [-0.2, 0) is 14.2 Å². The molecule has 0 saturated carbocycles.